The molecule has 26 heavy (non-hydrogen) atoms. The van der Waals surface area contributed by atoms with Gasteiger partial charge in [-0.15, -0.1) is 0 Å². The van der Waals surface area contributed by atoms with E-state index in [9.17, 15) is 14.4 Å². The molecule has 3 rings (SSSR count). The van der Waals surface area contributed by atoms with Crippen LogP contribution in [0.3, 0.4) is 0 Å². The van der Waals surface area contributed by atoms with Crippen LogP contribution in [-0.4, -0.2) is 58.9 Å². The summed E-state index contributed by atoms with van der Waals surface area (Å²) in [7, 11) is 0. The van der Waals surface area contributed by atoms with Gasteiger partial charge in [0.05, 0.1) is 5.56 Å². The van der Waals surface area contributed by atoms with Gasteiger partial charge in [-0.3, -0.25) is 9.59 Å². The van der Waals surface area contributed by atoms with E-state index in [1.165, 1.54) is 12.1 Å². The van der Waals surface area contributed by atoms with Crippen molar-refractivity contribution < 1.29 is 19.5 Å². The highest BCUT2D eigenvalue weighted by Gasteiger charge is 2.26. The van der Waals surface area contributed by atoms with E-state index in [0.29, 0.717) is 37.3 Å². The van der Waals surface area contributed by atoms with Crippen LogP contribution in [0, 0.1) is 6.92 Å². The number of aromatic carboxylic acids is 1. The second-order valence-corrected chi connectivity index (χ2v) is 6.29. The van der Waals surface area contributed by atoms with Crippen molar-refractivity contribution in [1.29, 1.82) is 0 Å². The molecule has 2 aromatic rings. The Hall–Kier alpha value is -3.15. The molecule has 0 bridgehead atoms. The van der Waals surface area contributed by atoms with Crippen LogP contribution >= 0.6 is 0 Å². The first-order valence-corrected chi connectivity index (χ1v) is 8.45. The number of carbonyl (C=O) groups excluding carboxylic acids is 2. The van der Waals surface area contributed by atoms with Crippen molar-refractivity contribution in [3.8, 4) is 0 Å². The van der Waals surface area contributed by atoms with Gasteiger partial charge in [-0.1, -0.05) is 24.3 Å². The van der Waals surface area contributed by atoms with Crippen molar-refractivity contribution in [3.63, 3.8) is 0 Å². The van der Waals surface area contributed by atoms with Gasteiger partial charge < -0.3 is 14.9 Å². The molecule has 1 fully saturated rings. The van der Waals surface area contributed by atoms with E-state index in [1.54, 1.807) is 21.9 Å². The summed E-state index contributed by atoms with van der Waals surface area (Å²) in [6, 6.07) is 13.5. The van der Waals surface area contributed by atoms with Crippen LogP contribution in [0.2, 0.25) is 0 Å². The molecule has 1 N–H and O–H groups in total. The van der Waals surface area contributed by atoms with E-state index in [1.807, 2.05) is 31.2 Å². The fourth-order valence-corrected chi connectivity index (χ4v) is 3.06. The average Bonchev–Trinajstić information content (AvgIpc) is 2.67. The van der Waals surface area contributed by atoms with E-state index in [4.69, 9.17) is 5.11 Å². The molecule has 6 heteroatoms. The van der Waals surface area contributed by atoms with E-state index in [-0.39, 0.29) is 17.4 Å². The molecule has 0 aliphatic carbocycles. The number of piperazine rings is 1. The Balaban J connectivity index is 1.66. The maximum atomic E-state index is 12.6. The number of aryl methyl sites for hydroxylation is 1. The van der Waals surface area contributed by atoms with Crippen molar-refractivity contribution in [3.05, 3.63) is 70.8 Å². The van der Waals surface area contributed by atoms with E-state index < -0.39 is 5.97 Å². The number of amides is 2. The number of benzene rings is 2. The second-order valence-electron chi connectivity index (χ2n) is 6.29. The van der Waals surface area contributed by atoms with Gasteiger partial charge in [-0.2, -0.15) is 0 Å². The molecule has 1 aliphatic rings. The Kier molecular flexibility index (Phi) is 5.02. The zero-order valence-electron chi connectivity index (χ0n) is 14.5. The lowest BCUT2D eigenvalue weighted by Gasteiger charge is -2.35. The maximum Gasteiger partial charge on any atom is 0.335 e. The fraction of sp³-hybridized carbons (Fsp3) is 0.250. The van der Waals surface area contributed by atoms with Crippen LogP contribution in [0.25, 0.3) is 0 Å². The molecular formula is C20H20N2O4. The predicted octanol–water partition coefficient (Wildman–Crippen LogP) is 2.29. The highest BCUT2D eigenvalue weighted by Crippen LogP contribution is 2.15. The maximum absolute atomic E-state index is 12.6. The fourth-order valence-electron chi connectivity index (χ4n) is 3.06. The number of nitrogens with zero attached hydrogens (tertiary/aromatic N) is 2. The Morgan fingerprint density at radius 3 is 2.00 bits per heavy atom. The summed E-state index contributed by atoms with van der Waals surface area (Å²) in [4.78, 5) is 39.7. The normalized spacial score (nSPS) is 14.2. The van der Waals surface area contributed by atoms with Gasteiger partial charge in [0, 0.05) is 37.3 Å². The summed E-state index contributed by atoms with van der Waals surface area (Å²) in [5.41, 5.74) is 2.05. The van der Waals surface area contributed by atoms with E-state index in [0.717, 1.165) is 5.56 Å². The Morgan fingerprint density at radius 2 is 1.38 bits per heavy atom. The van der Waals surface area contributed by atoms with E-state index in [2.05, 4.69) is 0 Å². The van der Waals surface area contributed by atoms with E-state index >= 15 is 0 Å². The van der Waals surface area contributed by atoms with Crippen molar-refractivity contribution >= 4 is 17.8 Å². The Labute approximate surface area is 151 Å². The zero-order chi connectivity index (χ0) is 18.7. The summed E-state index contributed by atoms with van der Waals surface area (Å²) in [6.45, 7) is 3.67. The quantitative estimate of drug-likeness (QED) is 0.919. The molecule has 134 valence electrons. The minimum Gasteiger partial charge on any atom is -0.478 e. The third kappa shape index (κ3) is 3.59. The minimum absolute atomic E-state index is 0.0249. The topological polar surface area (TPSA) is 77.9 Å². The third-order valence-electron chi connectivity index (χ3n) is 4.59. The van der Waals surface area contributed by atoms with Gasteiger partial charge in [-0.05, 0) is 36.8 Å². The first-order valence-electron chi connectivity index (χ1n) is 8.45. The van der Waals surface area contributed by atoms with Crippen molar-refractivity contribution in [1.82, 2.24) is 9.80 Å². The Morgan fingerprint density at radius 1 is 0.808 bits per heavy atom. The molecule has 1 saturated heterocycles. The van der Waals surface area contributed by atoms with Crippen LogP contribution in [0.4, 0.5) is 0 Å². The lowest BCUT2D eigenvalue weighted by atomic mass is 10.1. The van der Waals surface area contributed by atoms with Crippen LogP contribution in [0.1, 0.15) is 36.6 Å². The molecule has 1 heterocycles. The largest absolute Gasteiger partial charge is 0.478 e. The smallest absolute Gasteiger partial charge is 0.335 e. The molecular weight excluding hydrogens is 332 g/mol. The van der Waals surface area contributed by atoms with Gasteiger partial charge in [-0.25, -0.2) is 4.79 Å². The van der Waals surface area contributed by atoms with Crippen molar-refractivity contribution in [2.45, 2.75) is 6.92 Å². The molecule has 2 amide bonds. The molecule has 6 nitrogen and oxygen atoms in total. The second kappa shape index (κ2) is 7.39. The van der Waals surface area contributed by atoms with Crippen LogP contribution < -0.4 is 0 Å². The van der Waals surface area contributed by atoms with Crippen molar-refractivity contribution in [2.75, 3.05) is 26.2 Å². The van der Waals surface area contributed by atoms with Gasteiger partial charge in [0.1, 0.15) is 0 Å². The predicted molar refractivity (Wildman–Crippen MR) is 96.4 cm³/mol. The molecule has 1 aliphatic heterocycles. The van der Waals surface area contributed by atoms with Crippen LogP contribution in [-0.2, 0) is 0 Å². The molecule has 0 unspecified atom stereocenters. The average molecular weight is 352 g/mol. The zero-order valence-corrected chi connectivity index (χ0v) is 14.5. The van der Waals surface area contributed by atoms with Gasteiger partial charge in [0.15, 0.2) is 0 Å². The summed E-state index contributed by atoms with van der Waals surface area (Å²) in [5.74, 6) is -1.30. The number of carboxylic acid groups (broad SMARTS) is 1. The lowest BCUT2D eigenvalue weighted by Crippen LogP contribution is -2.50. The lowest BCUT2D eigenvalue weighted by molar-refractivity contribution is 0.0534. The van der Waals surface area contributed by atoms with Gasteiger partial charge >= 0.3 is 5.97 Å². The number of hydrogen-bond acceptors (Lipinski definition) is 3. The molecule has 0 radical (unpaired) electrons. The number of hydrogen-bond donors (Lipinski definition) is 1. The Bertz CT molecular complexity index is 854. The summed E-state index contributed by atoms with van der Waals surface area (Å²) in [6.07, 6.45) is 0. The number of carbonyl (C=O) groups is 3. The molecule has 0 saturated carbocycles. The monoisotopic (exact) mass is 352 g/mol. The van der Waals surface area contributed by atoms with Gasteiger partial charge in [0.2, 0.25) is 0 Å². The number of rotatable bonds is 3. The van der Waals surface area contributed by atoms with Crippen LogP contribution in [0.5, 0.6) is 0 Å². The van der Waals surface area contributed by atoms with Gasteiger partial charge in [0.25, 0.3) is 11.8 Å². The highest BCUT2D eigenvalue weighted by atomic mass is 16.4. The third-order valence-corrected chi connectivity index (χ3v) is 4.59. The molecule has 0 atom stereocenters. The van der Waals surface area contributed by atoms with Crippen LogP contribution in [0.15, 0.2) is 48.5 Å². The highest BCUT2D eigenvalue weighted by molar-refractivity contribution is 5.98. The summed E-state index contributed by atoms with van der Waals surface area (Å²) < 4.78 is 0. The van der Waals surface area contributed by atoms with Crippen molar-refractivity contribution in [2.24, 2.45) is 0 Å². The first kappa shape index (κ1) is 17.7. The summed E-state index contributed by atoms with van der Waals surface area (Å²) >= 11 is 0. The number of carboxylic acids is 1. The molecule has 2 aromatic carbocycles. The SMILES string of the molecule is Cc1ccccc1C(=O)N1CCN(C(=O)c2cccc(C(=O)O)c2)CC1. The standard InChI is InChI=1S/C20H20N2O4/c1-14-5-2-3-8-17(14)19(24)22-11-9-21(10-12-22)18(23)15-6-4-7-16(13-15)20(25)26/h2-8,13H,9-12H2,1H3,(H,25,26). The molecule has 0 aromatic heterocycles. The minimum atomic E-state index is -1.06. The first-order chi connectivity index (χ1) is 12.5. The molecule has 0 spiro atoms. The summed E-state index contributed by atoms with van der Waals surface area (Å²) in [5, 5.41) is 9.06.